The zero-order valence-corrected chi connectivity index (χ0v) is 10.4. The van der Waals surface area contributed by atoms with Crippen LogP contribution in [0.2, 0.25) is 0 Å². The van der Waals surface area contributed by atoms with Crippen LogP contribution < -0.4 is 14.8 Å². The van der Waals surface area contributed by atoms with Crippen molar-refractivity contribution in [2.75, 3.05) is 19.5 Å². The minimum Gasteiger partial charge on any atom is -0.481 e. The summed E-state index contributed by atoms with van der Waals surface area (Å²) in [6, 6.07) is 1.60. The van der Waals surface area contributed by atoms with Gasteiger partial charge in [-0.25, -0.2) is 4.98 Å². The summed E-state index contributed by atoms with van der Waals surface area (Å²) < 4.78 is 15.4. The third-order valence-corrected chi connectivity index (χ3v) is 2.16. The van der Waals surface area contributed by atoms with Crippen LogP contribution in [-0.4, -0.2) is 29.2 Å². The molecular formula is C11H14N4O3. The molecule has 96 valence electrons. The number of nitrogens with one attached hydrogen (secondary N) is 1. The first kappa shape index (κ1) is 12.2. The van der Waals surface area contributed by atoms with E-state index in [-0.39, 0.29) is 0 Å². The fourth-order valence-corrected chi connectivity index (χ4v) is 1.33. The van der Waals surface area contributed by atoms with Gasteiger partial charge in [-0.1, -0.05) is 0 Å². The number of rotatable bonds is 5. The van der Waals surface area contributed by atoms with Gasteiger partial charge >= 0.3 is 0 Å². The zero-order valence-electron chi connectivity index (χ0n) is 10.4. The first-order chi connectivity index (χ1) is 8.71. The highest BCUT2D eigenvalue weighted by Crippen LogP contribution is 2.17. The molecule has 2 aromatic rings. The van der Waals surface area contributed by atoms with Crippen LogP contribution in [0.25, 0.3) is 0 Å². The number of aromatic nitrogens is 3. The summed E-state index contributed by atoms with van der Waals surface area (Å²) >= 11 is 0. The summed E-state index contributed by atoms with van der Waals surface area (Å²) in [5, 5.41) is 2.99. The fourth-order valence-electron chi connectivity index (χ4n) is 1.33. The molecule has 7 heteroatoms. The maximum absolute atomic E-state index is 5.33. The van der Waals surface area contributed by atoms with Crippen molar-refractivity contribution >= 4 is 5.95 Å². The van der Waals surface area contributed by atoms with Crippen LogP contribution in [-0.2, 0) is 6.54 Å². The molecule has 2 heterocycles. The van der Waals surface area contributed by atoms with Crippen molar-refractivity contribution in [2.45, 2.75) is 13.5 Å². The number of ether oxygens (including phenoxy) is 2. The van der Waals surface area contributed by atoms with Gasteiger partial charge < -0.3 is 19.2 Å². The van der Waals surface area contributed by atoms with E-state index in [1.165, 1.54) is 14.2 Å². The molecule has 0 aliphatic rings. The van der Waals surface area contributed by atoms with Gasteiger partial charge in [0.2, 0.25) is 23.6 Å². The van der Waals surface area contributed by atoms with Gasteiger partial charge in [0, 0.05) is 0 Å². The molecule has 0 spiro atoms. The molecule has 0 aromatic carbocycles. The number of hydrogen-bond acceptors (Lipinski definition) is 7. The lowest BCUT2D eigenvalue weighted by atomic mass is 10.5. The van der Waals surface area contributed by atoms with Gasteiger partial charge in [-0.3, -0.25) is 0 Å². The monoisotopic (exact) mass is 250 g/mol. The second kappa shape index (κ2) is 5.35. The summed E-state index contributed by atoms with van der Waals surface area (Å²) in [6.07, 6.45) is 1.66. The number of aryl methyl sites for hydroxylation is 1. The quantitative estimate of drug-likeness (QED) is 0.858. The maximum atomic E-state index is 5.33. The minimum absolute atomic E-state index is 0.391. The first-order valence-corrected chi connectivity index (χ1v) is 5.33. The van der Waals surface area contributed by atoms with Crippen LogP contribution in [0.4, 0.5) is 5.95 Å². The van der Waals surface area contributed by atoms with E-state index in [9.17, 15) is 0 Å². The number of nitrogens with zero attached hydrogens (tertiary/aromatic N) is 3. The molecule has 7 nitrogen and oxygen atoms in total. The van der Waals surface area contributed by atoms with Crippen molar-refractivity contribution in [2.24, 2.45) is 0 Å². The van der Waals surface area contributed by atoms with Gasteiger partial charge in [-0.2, -0.15) is 9.97 Å². The van der Waals surface area contributed by atoms with Crippen molar-refractivity contribution in [3.8, 4) is 11.8 Å². The van der Waals surface area contributed by atoms with Crippen molar-refractivity contribution in [3.63, 3.8) is 0 Å². The molecule has 0 saturated heterocycles. The Balaban J connectivity index is 2.08. The highest BCUT2D eigenvalue weighted by Gasteiger charge is 2.06. The second-order valence-corrected chi connectivity index (χ2v) is 3.49. The van der Waals surface area contributed by atoms with E-state index < -0.39 is 0 Å². The average Bonchev–Trinajstić information content (AvgIpc) is 2.81. The molecule has 2 rings (SSSR count). The van der Waals surface area contributed by atoms with Gasteiger partial charge in [0.05, 0.1) is 33.0 Å². The van der Waals surface area contributed by atoms with E-state index in [0.29, 0.717) is 30.1 Å². The number of oxazole rings is 1. The van der Waals surface area contributed by atoms with E-state index in [0.717, 1.165) is 5.76 Å². The van der Waals surface area contributed by atoms with Crippen LogP contribution in [0.5, 0.6) is 11.8 Å². The Morgan fingerprint density at radius 2 is 1.89 bits per heavy atom. The lowest BCUT2D eigenvalue weighted by molar-refractivity contribution is 0.372. The van der Waals surface area contributed by atoms with Crippen LogP contribution in [0.3, 0.4) is 0 Å². The molecule has 0 radical (unpaired) electrons. The normalized spacial score (nSPS) is 10.2. The number of anilines is 1. The van der Waals surface area contributed by atoms with Gasteiger partial charge in [0.25, 0.3) is 0 Å². The van der Waals surface area contributed by atoms with Crippen molar-refractivity contribution in [1.29, 1.82) is 0 Å². The molecule has 0 fully saturated rings. The Bertz CT molecular complexity index is 505. The topological polar surface area (TPSA) is 82.3 Å². The fraction of sp³-hybridized carbons (Fsp3) is 0.364. The standard InChI is InChI=1S/C11H14N4O3/c1-7-5-12-10(18-7)6-13-11-14-8(16-2)4-9(15-11)17-3/h4-5H,6H2,1-3H3,(H,13,14,15). The van der Waals surface area contributed by atoms with Crippen LogP contribution in [0.15, 0.2) is 16.7 Å². The van der Waals surface area contributed by atoms with Gasteiger partial charge in [-0.15, -0.1) is 0 Å². The predicted molar refractivity (Wildman–Crippen MR) is 63.7 cm³/mol. The highest BCUT2D eigenvalue weighted by atomic mass is 16.5. The second-order valence-electron chi connectivity index (χ2n) is 3.49. The molecule has 1 N–H and O–H groups in total. The molecule has 0 amide bonds. The molecule has 2 aromatic heterocycles. The number of hydrogen-bond donors (Lipinski definition) is 1. The first-order valence-electron chi connectivity index (χ1n) is 5.33. The Labute approximate surface area is 104 Å². The van der Waals surface area contributed by atoms with Gasteiger partial charge in [-0.05, 0) is 6.92 Å². The lowest BCUT2D eigenvalue weighted by Crippen LogP contribution is -2.05. The third kappa shape index (κ3) is 2.88. The van der Waals surface area contributed by atoms with Crippen molar-refractivity contribution < 1.29 is 13.9 Å². The van der Waals surface area contributed by atoms with Crippen LogP contribution in [0.1, 0.15) is 11.7 Å². The Kier molecular flexibility index (Phi) is 3.61. The van der Waals surface area contributed by atoms with E-state index in [1.807, 2.05) is 6.92 Å². The molecule has 0 unspecified atom stereocenters. The summed E-state index contributed by atoms with van der Waals surface area (Å²) in [5.41, 5.74) is 0. The average molecular weight is 250 g/mol. The SMILES string of the molecule is COc1cc(OC)nc(NCc2ncc(C)o2)n1. The van der Waals surface area contributed by atoms with Gasteiger partial charge in [0.15, 0.2) is 0 Å². The largest absolute Gasteiger partial charge is 0.481 e. The summed E-state index contributed by atoms with van der Waals surface area (Å²) in [4.78, 5) is 12.3. The third-order valence-electron chi connectivity index (χ3n) is 2.16. The Morgan fingerprint density at radius 3 is 2.39 bits per heavy atom. The summed E-state index contributed by atoms with van der Waals surface area (Å²) in [7, 11) is 3.06. The molecule has 18 heavy (non-hydrogen) atoms. The van der Waals surface area contributed by atoms with Gasteiger partial charge in [0.1, 0.15) is 5.76 Å². The van der Waals surface area contributed by atoms with Crippen molar-refractivity contribution in [3.05, 3.63) is 23.9 Å². The lowest BCUT2D eigenvalue weighted by Gasteiger charge is -2.06. The van der Waals surface area contributed by atoms with Crippen LogP contribution in [0, 0.1) is 6.92 Å². The van der Waals surface area contributed by atoms with Crippen molar-refractivity contribution in [1.82, 2.24) is 15.0 Å². The smallest absolute Gasteiger partial charge is 0.229 e. The Hall–Kier alpha value is -2.31. The predicted octanol–water partition coefficient (Wildman–Crippen LogP) is 1.40. The number of methoxy groups -OCH3 is 2. The van der Waals surface area contributed by atoms with E-state index in [1.54, 1.807) is 12.3 Å². The van der Waals surface area contributed by atoms with Crippen LogP contribution >= 0.6 is 0 Å². The molecule has 0 saturated carbocycles. The molecule has 0 aliphatic carbocycles. The van der Waals surface area contributed by atoms with E-state index in [2.05, 4.69) is 20.3 Å². The summed E-state index contributed by atoms with van der Waals surface area (Å²) in [5.74, 6) is 2.57. The molecule has 0 bridgehead atoms. The summed E-state index contributed by atoms with van der Waals surface area (Å²) in [6.45, 7) is 2.23. The molecular weight excluding hydrogens is 236 g/mol. The zero-order chi connectivity index (χ0) is 13.0. The Morgan fingerprint density at radius 1 is 1.22 bits per heavy atom. The molecule has 0 aliphatic heterocycles. The maximum Gasteiger partial charge on any atom is 0.229 e. The molecule has 0 atom stereocenters. The van der Waals surface area contributed by atoms with E-state index >= 15 is 0 Å². The minimum atomic E-state index is 0.391. The van der Waals surface area contributed by atoms with E-state index in [4.69, 9.17) is 13.9 Å². The highest BCUT2D eigenvalue weighted by molar-refractivity contribution is 5.33.